The highest BCUT2D eigenvalue weighted by atomic mass is 35.5. The number of halogens is 1. The Balaban J connectivity index is 1.62. The molecule has 1 aliphatic rings. The van der Waals surface area contributed by atoms with E-state index in [9.17, 15) is 25.0 Å². The van der Waals surface area contributed by atoms with Gasteiger partial charge in [-0.05, 0) is 42.0 Å². The van der Waals surface area contributed by atoms with E-state index in [0.717, 1.165) is 18.2 Å². The van der Waals surface area contributed by atoms with Crippen LogP contribution < -0.4 is 4.74 Å². The minimum atomic E-state index is -0.770. The van der Waals surface area contributed by atoms with Gasteiger partial charge in [-0.25, -0.2) is 9.79 Å². The molecule has 0 atom stereocenters. The maximum Gasteiger partial charge on any atom is 0.363 e. The number of nitro benzene ring substituents is 2. The van der Waals surface area contributed by atoms with Gasteiger partial charge in [0.15, 0.2) is 5.70 Å². The zero-order valence-electron chi connectivity index (χ0n) is 16.5. The molecule has 0 aliphatic carbocycles. The molecule has 1 heterocycles. The van der Waals surface area contributed by atoms with Crippen LogP contribution >= 0.6 is 11.6 Å². The van der Waals surface area contributed by atoms with E-state index in [1.807, 2.05) is 0 Å². The van der Waals surface area contributed by atoms with Crippen molar-refractivity contribution in [1.82, 2.24) is 0 Å². The van der Waals surface area contributed by atoms with Gasteiger partial charge in [-0.15, -0.1) is 0 Å². The van der Waals surface area contributed by atoms with E-state index >= 15 is 0 Å². The molecule has 0 amide bonds. The summed E-state index contributed by atoms with van der Waals surface area (Å²) in [6.07, 6.45) is 1.46. The van der Waals surface area contributed by atoms with Crippen molar-refractivity contribution in [3.8, 4) is 11.5 Å². The molecule has 0 spiro atoms. The van der Waals surface area contributed by atoms with Crippen molar-refractivity contribution in [2.24, 2.45) is 4.99 Å². The number of carbonyl (C=O) groups excluding carboxylic acids is 1. The number of rotatable bonds is 6. The smallest absolute Gasteiger partial charge is 0.363 e. The largest absolute Gasteiger partial charge is 0.450 e. The fourth-order valence-electron chi connectivity index (χ4n) is 2.96. The van der Waals surface area contributed by atoms with Crippen molar-refractivity contribution in [3.05, 3.63) is 109 Å². The van der Waals surface area contributed by atoms with Crippen LogP contribution in [0.1, 0.15) is 11.1 Å². The summed E-state index contributed by atoms with van der Waals surface area (Å²) in [5.41, 5.74) is 0.0239. The zero-order valence-corrected chi connectivity index (χ0v) is 17.3. The summed E-state index contributed by atoms with van der Waals surface area (Å²) in [6.45, 7) is 0. The predicted octanol–water partition coefficient (Wildman–Crippen LogP) is 5.29. The third-order valence-corrected chi connectivity index (χ3v) is 4.79. The van der Waals surface area contributed by atoms with Crippen LogP contribution in [0.25, 0.3) is 6.08 Å². The van der Waals surface area contributed by atoms with Crippen LogP contribution in [-0.4, -0.2) is 21.7 Å². The Morgan fingerprint density at radius 2 is 1.76 bits per heavy atom. The highest BCUT2D eigenvalue weighted by Gasteiger charge is 2.25. The van der Waals surface area contributed by atoms with Gasteiger partial charge in [0.1, 0.15) is 5.75 Å². The molecule has 3 aromatic rings. The van der Waals surface area contributed by atoms with Crippen molar-refractivity contribution in [1.29, 1.82) is 0 Å². The molecule has 164 valence electrons. The summed E-state index contributed by atoms with van der Waals surface area (Å²) in [5, 5.41) is 22.6. The lowest BCUT2D eigenvalue weighted by atomic mass is 10.2. The Kier molecular flexibility index (Phi) is 5.83. The van der Waals surface area contributed by atoms with E-state index in [1.165, 1.54) is 12.1 Å². The average molecular weight is 466 g/mol. The van der Waals surface area contributed by atoms with Crippen LogP contribution in [0.3, 0.4) is 0 Å². The number of nitrogens with zero attached hydrogens (tertiary/aromatic N) is 3. The van der Waals surface area contributed by atoms with Crippen molar-refractivity contribution in [2.45, 2.75) is 0 Å². The fourth-order valence-corrected chi connectivity index (χ4v) is 3.18. The maximum absolute atomic E-state index is 12.2. The summed E-state index contributed by atoms with van der Waals surface area (Å²) in [4.78, 5) is 37.1. The van der Waals surface area contributed by atoms with Crippen LogP contribution in [0.15, 0.2) is 77.4 Å². The van der Waals surface area contributed by atoms with Gasteiger partial charge in [0.25, 0.3) is 5.69 Å². The monoisotopic (exact) mass is 465 g/mol. The molecule has 10 nitrogen and oxygen atoms in total. The molecule has 0 bridgehead atoms. The predicted molar refractivity (Wildman–Crippen MR) is 118 cm³/mol. The van der Waals surface area contributed by atoms with Gasteiger partial charge in [-0.3, -0.25) is 20.2 Å². The number of nitro groups is 2. The molecular formula is C22H12ClN3O7. The van der Waals surface area contributed by atoms with Gasteiger partial charge in [0.05, 0.1) is 26.5 Å². The summed E-state index contributed by atoms with van der Waals surface area (Å²) < 4.78 is 10.8. The Morgan fingerprint density at radius 3 is 2.48 bits per heavy atom. The number of esters is 1. The first-order valence-corrected chi connectivity index (χ1v) is 9.68. The van der Waals surface area contributed by atoms with Crippen LogP contribution in [0.2, 0.25) is 5.02 Å². The lowest BCUT2D eigenvalue weighted by molar-refractivity contribution is -0.394. The van der Waals surface area contributed by atoms with Gasteiger partial charge in [-0.2, -0.15) is 0 Å². The van der Waals surface area contributed by atoms with Crippen LogP contribution in [0.5, 0.6) is 11.5 Å². The molecule has 0 N–H and O–H groups in total. The second-order valence-corrected chi connectivity index (χ2v) is 7.06. The quantitative estimate of drug-likeness (QED) is 0.209. The number of non-ortho nitro benzene ring substituents is 1. The highest BCUT2D eigenvalue weighted by Crippen LogP contribution is 2.35. The third kappa shape index (κ3) is 4.70. The Labute approximate surface area is 190 Å². The summed E-state index contributed by atoms with van der Waals surface area (Å²) in [5.74, 6) is -0.550. The third-order valence-electron chi connectivity index (χ3n) is 4.46. The second-order valence-electron chi connectivity index (χ2n) is 6.66. The number of carbonyl (C=O) groups is 1. The first-order chi connectivity index (χ1) is 15.8. The molecule has 0 aromatic heterocycles. The lowest BCUT2D eigenvalue weighted by Crippen LogP contribution is -2.05. The molecule has 3 aromatic carbocycles. The van der Waals surface area contributed by atoms with Crippen molar-refractivity contribution in [3.63, 3.8) is 0 Å². The Hall–Kier alpha value is -4.57. The number of benzene rings is 3. The summed E-state index contributed by atoms with van der Waals surface area (Å²) in [7, 11) is 0. The van der Waals surface area contributed by atoms with E-state index in [4.69, 9.17) is 21.1 Å². The number of ether oxygens (including phenoxy) is 2. The van der Waals surface area contributed by atoms with Gasteiger partial charge in [0, 0.05) is 6.07 Å². The fraction of sp³-hybridized carbons (Fsp3) is 0. The van der Waals surface area contributed by atoms with Gasteiger partial charge in [0.2, 0.25) is 11.6 Å². The number of hydrogen-bond donors (Lipinski definition) is 0. The Morgan fingerprint density at radius 1 is 0.970 bits per heavy atom. The van der Waals surface area contributed by atoms with E-state index in [1.54, 1.807) is 42.5 Å². The molecule has 4 rings (SSSR count). The molecule has 0 unspecified atom stereocenters. The number of hydrogen-bond acceptors (Lipinski definition) is 8. The van der Waals surface area contributed by atoms with Gasteiger partial charge < -0.3 is 9.47 Å². The minimum absolute atomic E-state index is 0.0309. The number of aliphatic imine (C=N–C) groups is 1. The van der Waals surface area contributed by atoms with E-state index in [0.29, 0.717) is 16.1 Å². The molecule has 0 saturated carbocycles. The molecule has 0 radical (unpaired) electrons. The summed E-state index contributed by atoms with van der Waals surface area (Å²) >= 11 is 6.13. The number of cyclic esters (lactones) is 1. The van der Waals surface area contributed by atoms with E-state index < -0.39 is 27.2 Å². The normalized spacial score (nSPS) is 14.0. The van der Waals surface area contributed by atoms with E-state index in [2.05, 4.69) is 4.99 Å². The SMILES string of the molecule is O=C1OC(c2ccccc2Cl)=N/C1=C\c1cccc(Oc2ccc([N+](=O)[O-])cc2[N+](=O)[O-])c1. The molecule has 11 heteroatoms. The Bertz CT molecular complexity index is 1370. The van der Waals surface area contributed by atoms with Crippen molar-refractivity contribution >= 4 is 40.9 Å². The van der Waals surface area contributed by atoms with Gasteiger partial charge in [-0.1, -0.05) is 35.9 Å². The first-order valence-electron chi connectivity index (χ1n) is 9.30. The van der Waals surface area contributed by atoms with Gasteiger partial charge >= 0.3 is 11.7 Å². The molecule has 1 aliphatic heterocycles. The topological polar surface area (TPSA) is 134 Å². The minimum Gasteiger partial charge on any atom is -0.450 e. The van der Waals surface area contributed by atoms with Crippen LogP contribution in [0, 0.1) is 20.2 Å². The molecular weight excluding hydrogens is 454 g/mol. The molecule has 33 heavy (non-hydrogen) atoms. The summed E-state index contributed by atoms with van der Waals surface area (Å²) in [6, 6.07) is 16.2. The second kappa shape index (κ2) is 8.89. The first kappa shape index (κ1) is 21.7. The van der Waals surface area contributed by atoms with Crippen LogP contribution in [0.4, 0.5) is 11.4 Å². The average Bonchev–Trinajstić information content (AvgIpc) is 3.14. The van der Waals surface area contributed by atoms with Crippen LogP contribution in [-0.2, 0) is 9.53 Å². The maximum atomic E-state index is 12.2. The van der Waals surface area contributed by atoms with Crippen molar-refractivity contribution < 1.29 is 24.1 Å². The highest BCUT2D eigenvalue weighted by molar-refractivity contribution is 6.34. The molecule has 0 saturated heterocycles. The standard InChI is InChI=1S/C22H12ClN3O7/c23-17-7-2-1-6-16(17)21-24-18(22(27)33-21)11-13-4-3-5-15(10-13)32-20-9-8-14(25(28)29)12-19(20)26(30)31/h1-12H/b18-11-. The zero-order chi connectivity index (χ0) is 23.5. The molecule has 0 fully saturated rings. The lowest BCUT2D eigenvalue weighted by Gasteiger charge is -2.07. The van der Waals surface area contributed by atoms with E-state index in [-0.39, 0.29) is 23.1 Å². The van der Waals surface area contributed by atoms with Crippen molar-refractivity contribution in [2.75, 3.05) is 0 Å².